The van der Waals surface area contributed by atoms with E-state index in [1.807, 2.05) is 55.5 Å². The van der Waals surface area contributed by atoms with Gasteiger partial charge in [-0.05, 0) is 42.8 Å². The Bertz CT molecular complexity index is 970. The highest BCUT2D eigenvalue weighted by Crippen LogP contribution is 2.27. The van der Waals surface area contributed by atoms with Gasteiger partial charge in [0.25, 0.3) is 5.91 Å². The maximum Gasteiger partial charge on any atom is 0.344 e. The van der Waals surface area contributed by atoms with Crippen LogP contribution in [0.1, 0.15) is 6.92 Å². The smallest absolute Gasteiger partial charge is 0.344 e. The fourth-order valence-electron chi connectivity index (χ4n) is 2.78. The van der Waals surface area contributed by atoms with Crippen molar-refractivity contribution in [1.29, 1.82) is 0 Å². The van der Waals surface area contributed by atoms with Crippen LogP contribution in [0.4, 0.5) is 5.69 Å². The molecular weight excluding hydrogens is 382 g/mol. The van der Waals surface area contributed by atoms with Gasteiger partial charge >= 0.3 is 5.97 Å². The molecule has 0 aromatic heterocycles. The Morgan fingerprint density at radius 1 is 0.767 bits per heavy atom. The first-order valence-electron chi connectivity index (χ1n) is 9.61. The minimum atomic E-state index is -0.629. The van der Waals surface area contributed by atoms with Crippen molar-refractivity contribution in [1.82, 2.24) is 0 Å². The standard InChI is InChI=1S/C24H23NO5/c1-2-28-19-12-14-20(15-13-19)29-17-24(27)30-16-23(26)25-22-11-7-6-10-21(22)18-8-4-3-5-9-18/h3-15H,2,16-17H2,1H3,(H,25,26). The molecule has 0 fully saturated rings. The quantitative estimate of drug-likeness (QED) is 0.537. The molecule has 0 unspecified atom stereocenters. The van der Waals surface area contributed by atoms with Gasteiger partial charge in [0.2, 0.25) is 0 Å². The van der Waals surface area contributed by atoms with E-state index in [4.69, 9.17) is 14.2 Å². The number of carbonyl (C=O) groups is 2. The molecule has 6 nitrogen and oxygen atoms in total. The van der Waals surface area contributed by atoms with Crippen LogP contribution in [0.2, 0.25) is 0 Å². The number of anilines is 1. The molecule has 1 amide bonds. The summed E-state index contributed by atoms with van der Waals surface area (Å²) in [7, 11) is 0. The number of hydrogen-bond donors (Lipinski definition) is 1. The molecule has 0 saturated carbocycles. The van der Waals surface area contributed by atoms with Crippen LogP contribution < -0.4 is 14.8 Å². The van der Waals surface area contributed by atoms with Crippen molar-refractivity contribution in [2.75, 3.05) is 25.1 Å². The molecule has 0 spiro atoms. The molecule has 3 aromatic carbocycles. The molecule has 0 atom stereocenters. The topological polar surface area (TPSA) is 73.9 Å². The highest BCUT2D eigenvalue weighted by molar-refractivity contribution is 5.96. The summed E-state index contributed by atoms with van der Waals surface area (Å²) in [5.41, 5.74) is 2.51. The number of amides is 1. The molecular formula is C24H23NO5. The van der Waals surface area contributed by atoms with E-state index < -0.39 is 18.5 Å². The maximum absolute atomic E-state index is 12.2. The van der Waals surface area contributed by atoms with Crippen LogP contribution in [0.15, 0.2) is 78.9 Å². The van der Waals surface area contributed by atoms with Gasteiger partial charge in [0.1, 0.15) is 11.5 Å². The van der Waals surface area contributed by atoms with Gasteiger partial charge < -0.3 is 19.5 Å². The summed E-state index contributed by atoms with van der Waals surface area (Å²) >= 11 is 0. The highest BCUT2D eigenvalue weighted by atomic mass is 16.6. The largest absolute Gasteiger partial charge is 0.494 e. The number of hydrogen-bond acceptors (Lipinski definition) is 5. The van der Waals surface area contributed by atoms with Gasteiger partial charge in [-0.3, -0.25) is 4.79 Å². The van der Waals surface area contributed by atoms with Crippen molar-refractivity contribution in [3.05, 3.63) is 78.9 Å². The number of nitrogens with one attached hydrogen (secondary N) is 1. The van der Waals surface area contributed by atoms with E-state index in [2.05, 4.69) is 5.32 Å². The van der Waals surface area contributed by atoms with Crippen LogP contribution in [0.3, 0.4) is 0 Å². The number of carbonyl (C=O) groups excluding carboxylic acids is 2. The van der Waals surface area contributed by atoms with E-state index in [9.17, 15) is 9.59 Å². The van der Waals surface area contributed by atoms with Crippen molar-refractivity contribution < 1.29 is 23.8 Å². The summed E-state index contributed by atoms with van der Waals surface area (Å²) < 4.78 is 15.7. The monoisotopic (exact) mass is 405 g/mol. The Labute approximate surface area is 175 Å². The molecule has 0 aliphatic rings. The Morgan fingerprint density at radius 2 is 1.40 bits per heavy atom. The zero-order valence-corrected chi connectivity index (χ0v) is 16.7. The molecule has 154 valence electrons. The fourth-order valence-corrected chi connectivity index (χ4v) is 2.78. The Kier molecular flexibility index (Phi) is 7.44. The Hall–Kier alpha value is -3.80. The van der Waals surface area contributed by atoms with Crippen LogP contribution in [-0.2, 0) is 14.3 Å². The fraction of sp³-hybridized carbons (Fsp3) is 0.167. The van der Waals surface area contributed by atoms with E-state index >= 15 is 0 Å². The third kappa shape index (κ3) is 6.10. The lowest BCUT2D eigenvalue weighted by Gasteiger charge is -2.12. The number of rotatable bonds is 9. The lowest BCUT2D eigenvalue weighted by molar-refractivity contribution is -0.149. The van der Waals surface area contributed by atoms with E-state index in [-0.39, 0.29) is 6.61 Å². The third-order valence-corrected chi connectivity index (χ3v) is 4.14. The lowest BCUT2D eigenvalue weighted by atomic mass is 10.0. The average Bonchev–Trinajstić information content (AvgIpc) is 2.78. The van der Waals surface area contributed by atoms with E-state index in [1.54, 1.807) is 30.3 Å². The summed E-state index contributed by atoms with van der Waals surface area (Å²) in [6, 6.07) is 24.1. The molecule has 0 radical (unpaired) electrons. The van der Waals surface area contributed by atoms with Gasteiger partial charge in [-0.15, -0.1) is 0 Å². The second-order valence-electron chi connectivity index (χ2n) is 6.31. The van der Waals surface area contributed by atoms with Gasteiger partial charge in [-0.2, -0.15) is 0 Å². The molecule has 0 aliphatic carbocycles. The lowest BCUT2D eigenvalue weighted by Crippen LogP contribution is -2.23. The molecule has 1 N–H and O–H groups in total. The van der Waals surface area contributed by atoms with Crippen LogP contribution in [0, 0.1) is 0 Å². The molecule has 3 aromatic rings. The predicted molar refractivity (Wildman–Crippen MR) is 115 cm³/mol. The zero-order chi connectivity index (χ0) is 21.2. The molecule has 6 heteroatoms. The second-order valence-corrected chi connectivity index (χ2v) is 6.31. The van der Waals surface area contributed by atoms with Crippen molar-refractivity contribution in [3.63, 3.8) is 0 Å². The van der Waals surface area contributed by atoms with Crippen molar-refractivity contribution >= 4 is 17.6 Å². The highest BCUT2D eigenvalue weighted by Gasteiger charge is 2.11. The summed E-state index contributed by atoms with van der Waals surface area (Å²) in [5.74, 6) is 0.180. The number of benzene rings is 3. The summed E-state index contributed by atoms with van der Waals surface area (Å²) in [6.45, 7) is 1.79. The van der Waals surface area contributed by atoms with Crippen LogP contribution in [-0.4, -0.2) is 31.7 Å². The Morgan fingerprint density at radius 3 is 2.10 bits per heavy atom. The van der Waals surface area contributed by atoms with E-state index in [0.717, 1.165) is 16.9 Å². The van der Waals surface area contributed by atoms with E-state index in [0.29, 0.717) is 18.0 Å². The minimum absolute atomic E-state index is 0.290. The summed E-state index contributed by atoms with van der Waals surface area (Å²) in [5, 5.41) is 2.79. The summed E-state index contributed by atoms with van der Waals surface area (Å²) in [6.07, 6.45) is 0. The first-order valence-corrected chi connectivity index (χ1v) is 9.61. The molecule has 0 aliphatic heterocycles. The SMILES string of the molecule is CCOc1ccc(OCC(=O)OCC(=O)Nc2ccccc2-c2ccccc2)cc1. The van der Waals surface area contributed by atoms with Crippen molar-refractivity contribution in [2.45, 2.75) is 6.92 Å². The number of para-hydroxylation sites is 1. The van der Waals surface area contributed by atoms with Gasteiger partial charge in [0.15, 0.2) is 13.2 Å². The van der Waals surface area contributed by atoms with Crippen LogP contribution in [0.5, 0.6) is 11.5 Å². The zero-order valence-electron chi connectivity index (χ0n) is 16.7. The molecule has 3 rings (SSSR count). The average molecular weight is 405 g/mol. The molecule has 0 saturated heterocycles. The minimum Gasteiger partial charge on any atom is -0.494 e. The molecule has 0 heterocycles. The van der Waals surface area contributed by atoms with Crippen LogP contribution >= 0.6 is 0 Å². The molecule has 0 bridgehead atoms. The number of esters is 1. The number of ether oxygens (including phenoxy) is 3. The second kappa shape index (κ2) is 10.7. The first-order chi connectivity index (χ1) is 14.7. The normalized spacial score (nSPS) is 10.2. The summed E-state index contributed by atoms with van der Waals surface area (Å²) in [4.78, 5) is 24.1. The van der Waals surface area contributed by atoms with Crippen LogP contribution in [0.25, 0.3) is 11.1 Å². The van der Waals surface area contributed by atoms with Crippen molar-refractivity contribution in [2.24, 2.45) is 0 Å². The third-order valence-electron chi connectivity index (χ3n) is 4.14. The molecule has 30 heavy (non-hydrogen) atoms. The van der Waals surface area contributed by atoms with Gasteiger partial charge in [-0.25, -0.2) is 4.79 Å². The predicted octanol–water partition coefficient (Wildman–Crippen LogP) is 4.31. The maximum atomic E-state index is 12.2. The van der Waals surface area contributed by atoms with Gasteiger partial charge in [0, 0.05) is 11.3 Å². The van der Waals surface area contributed by atoms with E-state index in [1.165, 1.54) is 0 Å². The Balaban J connectivity index is 1.47. The van der Waals surface area contributed by atoms with Crippen molar-refractivity contribution in [3.8, 4) is 22.6 Å². The first kappa shape index (κ1) is 20.9. The van der Waals surface area contributed by atoms with Gasteiger partial charge in [-0.1, -0.05) is 48.5 Å². The van der Waals surface area contributed by atoms with Gasteiger partial charge in [0.05, 0.1) is 6.61 Å².